The molecule has 0 aromatic carbocycles. The summed E-state index contributed by atoms with van der Waals surface area (Å²) in [5.41, 5.74) is 2.17. The summed E-state index contributed by atoms with van der Waals surface area (Å²) < 4.78 is 0. The van der Waals surface area contributed by atoms with Gasteiger partial charge in [-0.1, -0.05) is 17.2 Å². The van der Waals surface area contributed by atoms with Crippen LogP contribution in [0.3, 0.4) is 0 Å². The zero-order valence-electron chi connectivity index (χ0n) is 8.25. The van der Waals surface area contributed by atoms with E-state index in [1.807, 2.05) is 19.9 Å². The fourth-order valence-corrected chi connectivity index (χ4v) is 0.961. The van der Waals surface area contributed by atoms with E-state index in [1.54, 1.807) is 6.08 Å². The fraction of sp³-hybridized carbons (Fsp3) is 0.455. The minimum Gasteiger partial charge on any atom is -0.303 e. The minimum absolute atomic E-state index is 0.510. The van der Waals surface area contributed by atoms with Gasteiger partial charge in [0.2, 0.25) is 0 Å². The van der Waals surface area contributed by atoms with E-state index < -0.39 is 0 Å². The Kier molecular flexibility index (Phi) is 6.79. The molecule has 0 radical (unpaired) electrons. The van der Waals surface area contributed by atoms with E-state index in [4.69, 9.17) is 0 Å². The largest absolute Gasteiger partial charge is 0.303 e. The van der Waals surface area contributed by atoms with Crippen LogP contribution in [0.4, 0.5) is 0 Å². The molecule has 0 aliphatic carbocycles. The molecule has 2 heteroatoms. The number of carbonyl (C=O) groups excluding carboxylic acids is 2. The van der Waals surface area contributed by atoms with E-state index in [-0.39, 0.29) is 0 Å². The molecular formula is C11H16O2. The molecule has 0 heterocycles. The van der Waals surface area contributed by atoms with Crippen LogP contribution in [-0.4, -0.2) is 12.6 Å². The molecule has 0 saturated carbocycles. The van der Waals surface area contributed by atoms with Crippen molar-refractivity contribution >= 4 is 12.6 Å². The Morgan fingerprint density at radius 3 is 2.38 bits per heavy atom. The highest BCUT2D eigenvalue weighted by atomic mass is 16.1. The van der Waals surface area contributed by atoms with Crippen LogP contribution in [0.5, 0.6) is 0 Å². The molecule has 13 heavy (non-hydrogen) atoms. The third kappa shape index (κ3) is 7.19. The van der Waals surface area contributed by atoms with Crippen molar-refractivity contribution in [2.75, 3.05) is 0 Å². The zero-order chi connectivity index (χ0) is 10.1. The summed E-state index contributed by atoms with van der Waals surface area (Å²) in [6.07, 6.45) is 7.61. The lowest BCUT2D eigenvalue weighted by Gasteiger charge is -1.96. The molecule has 0 aliphatic heterocycles. The van der Waals surface area contributed by atoms with Gasteiger partial charge in [0.1, 0.15) is 12.6 Å². The molecule has 0 aromatic heterocycles. The molecule has 0 rings (SSSR count). The predicted molar refractivity (Wildman–Crippen MR) is 53.5 cm³/mol. The molecule has 0 N–H and O–H groups in total. The van der Waals surface area contributed by atoms with Gasteiger partial charge in [-0.25, -0.2) is 0 Å². The second-order valence-electron chi connectivity index (χ2n) is 3.11. The quantitative estimate of drug-likeness (QED) is 0.357. The van der Waals surface area contributed by atoms with Gasteiger partial charge in [-0.2, -0.15) is 0 Å². The first-order chi connectivity index (χ1) is 6.20. The maximum atomic E-state index is 10.1. The van der Waals surface area contributed by atoms with Crippen molar-refractivity contribution in [1.29, 1.82) is 0 Å². The summed E-state index contributed by atoms with van der Waals surface area (Å²) in [5, 5.41) is 0. The highest BCUT2D eigenvalue weighted by Crippen LogP contribution is 2.06. The van der Waals surface area contributed by atoms with Gasteiger partial charge in [0.25, 0.3) is 0 Å². The normalized spacial score (nSPS) is 12.8. The monoisotopic (exact) mass is 180 g/mol. The van der Waals surface area contributed by atoms with Crippen LogP contribution in [0.15, 0.2) is 23.3 Å². The van der Waals surface area contributed by atoms with Gasteiger partial charge in [-0.05, 0) is 32.8 Å². The Bertz CT molecular complexity index is 224. The summed E-state index contributed by atoms with van der Waals surface area (Å²) in [6.45, 7) is 3.87. The summed E-state index contributed by atoms with van der Waals surface area (Å²) >= 11 is 0. The van der Waals surface area contributed by atoms with Crippen molar-refractivity contribution in [3.05, 3.63) is 23.3 Å². The van der Waals surface area contributed by atoms with Crippen LogP contribution in [-0.2, 0) is 9.59 Å². The molecule has 0 amide bonds. The third-order valence-electron chi connectivity index (χ3n) is 1.79. The van der Waals surface area contributed by atoms with Crippen LogP contribution in [0.2, 0.25) is 0 Å². The van der Waals surface area contributed by atoms with Crippen LogP contribution >= 0.6 is 0 Å². The summed E-state index contributed by atoms with van der Waals surface area (Å²) in [5.74, 6) is 0. The molecule has 0 atom stereocenters. The highest BCUT2D eigenvalue weighted by Gasteiger charge is 1.89. The second-order valence-corrected chi connectivity index (χ2v) is 3.11. The zero-order valence-corrected chi connectivity index (χ0v) is 8.25. The smallest absolute Gasteiger partial charge is 0.142 e. The summed E-state index contributed by atoms with van der Waals surface area (Å²) in [7, 11) is 0. The molecular weight excluding hydrogens is 164 g/mol. The molecule has 72 valence electrons. The number of rotatable bonds is 6. The Hall–Kier alpha value is -1.18. The highest BCUT2D eigenvalue weighted by molar-refractivity contribution is 5.65. The first-order valence-electron chi connectivity index (χ1n) is 4.41. The average molecular weight is 180 g/mol. The van der Waals surface area contributed by atoms with Crippen LogP contribution < -0.4 is 0 Å². The maximum Gasteiger partial charge on any atom is 0.142 e. The molecule has 0 spiro atoms. The van der Waals surface area contributed by atoms with Gasteiger partial charge >= 0.3 is 0 Å². The fourth-order valence-electron chi connectivity index (χ4n) is 0.961. The van der Waals surface area contributed by atoms with Crippen molar-refractivity contribution in [2.45, 2.75) is 33.1 Å². The van der Waals surface area contributed by atoms with Gasteiger partial charge in [-0.15, -0.1) is 0 Å². The lowest BCUT2D eigenvalue weighted by Crippen LogP contribution is -1.81. The summed E-state index contributed by atoms with van der Waals surface area (Å²) in [6, 6.07) is 0. The minimum atomic E-state index is 0.510. The van der Waals surface area contributed by atoms with Gasteiger partial charge in [0.05, 0.1) is 0 Å². The lowest BCUT2D eigenvalue weighted by molar-refractivity contribution is -0.107. The Morgan fingerprint density at radius 1 is 1.15 bits per heavy atom. The van der Waals surface area contributed by atoms with Crippen molar-refractivity contribution in [3.63, 3.8) is 0 Å². The molecule has 0 aliphatic rings. The average Bonchev–Trinajstić information content (AvgIpc) is 2.05. The molecule has 0 bridgehead atoms. The lowest BCUT2D eigenvalue weighted by atomic mass is 10.1. The van der Waals surface area contributed by atoms with Crippen molar-refractivity contribution in [3.8, 4) is 0 Å². The number of hydrogen-bond donors (Lipinski definition) is 0. The predicted octanol–water partition coefficient (Wildman–Crippen LogP) is 2.45. The number of hydrogen-bond acceptors (Lipinski definition) is 2. The van der Waals surface area contributed by atoms with Crippen molar-refractivity contribution < 1.29 is 9.59 Å². The van der Waals surface area contributed by atoms with Gasteiger partial charge in [-0.3, -0.25) is 4.79 Å². The van der Waals surface area contributed by atoms with Gasteiger partial charge < -0.3 is 4.79 Å². The SMILES string of the molecule is CC(=CCC/C(C)=C\C=O)CC=O. The number of allylic oxidation sites excluding steroid dienone is 4. The molecule has 2 nitrogen and oxygen atoms in total. The van der Waals surface area contributed by atoms with Gasteiger partial charge in [0, 0.05) is 6.42 Å². The molecule has 0 fully saturated rings. The Balaban J connectivity index is 3.77. The van der Waals surface area contributed by atoms with E-state index >= 15 is 0 Å². The van der Waals surface area contributed by atoms with Crippen LogP contribution in [0.1, 0.15) is 33.1 Å². The number of carbonyl (C=O) groups is 2. The van der Waals surface area contributed by atoms with E-state index in [2.05, 4.69) is 0 Å². The van der Waals surface area contributed by atoms with Gasteiger partial charge in [0.15, 0.2) is 0 Å². The van der Waals surface area contributed by atoms with Crippen LogP contribution in [0, 0.1) is 0 Å². The van der Waals surface area contributed by atoms with E-state index in [9.17, 15) is 9.59 Å². The molecule has 0 unspecified atom stereocenters. The number of aldehydes is 2. The Labute approximate surface area is 79.3 Å². The maximum absolute atomic E-state index is 10.1. The topological polar surface area (TPSA) is 34.1 Å². The van der Waals surface area contributed by atoms with Crippen molar-refractivity contribution in [2.24, 2.45) is 0 Å². The van der Waals surface area contributed by atoms with Crippen molar-refractivity contribution in [1.82, 2.24) is 0 Å². The molecule has 0 saturated heterocycles. The van der Waals surface area contributed by atoms with E-state index in [0.717, 1.165) is 36.6 Å². The first kappa shape index (κ1) is 11.8. The third-order valence-corrected chi connectivity index (χ3v) is 1.79. The van der Waals surface area contributed by atoms with Crippen LogP contribution in [0.25, 0.3) is 0 Å². The molecule has 0 aromatic rings. The second kappa shape index (κ2) is 7.47. The first-order valence-corrected chi connectivity index (χ1v) is 4.41. The Morgan fingerprint density at radius 2 is 1.85 bits per heavy atom. The summed E-state index contributed by atoms with van der Waals surface area (Å²) in [4.78, 5) is 20.2. The van der Waals surface area contributed by atoms with E-state index in [1.165, 1.54) is 0 Å². The standard InChI is InChI=1S/C11H16O2/c1-10(6-8-12)4-3-5-11(2)7-9-13/h4,7-9H,3,5-6H2,1-2H3/b10-4?,11-7-. The van der Waals surface area contributed by atoms with E-state index in [0.29, 0.717) is 6.42 Å².